The minimum absolute atomic E-state index is 0.122. The highest BCUT2D eigenvalue weighted by molar-refractivity contribution is 6.03. The van der Waals surface area contributed by atoms with Crippen LogP contribution in [-0.2, 0) is 19.1 Å². The SMILES string of the molecule is CCOC(=O)C1OC2(CCC2)CC1=O. The molecule has 14 heavy (non-hydrogen) atoms. The minimum Gasteiger partial charge on any atom is -0.464 e. The largest absolute Gasteiger partial charge is 0.464 e. The third-order valence-electron chi connectivity index (χ3n) is 2.92. The smallest absolute Gasteiger partial charge is 0.343 e. The first-order valence-corrected chi connectivity index (χ1v) is 5.04. The van der Waals surface area contributed by atoms with Crippen LogP contribution < -0.4 is 0 Å². The Hall–Kier alpha value is -0.900. The summed E-state index contributed by atoms with van der Waals surface area (Å²) in [6.07, 6.45) is 2.32. The van der Waals surface area contributed by atoms with Crippen LogP contribution in [0.25, 0.3) is 0 Å². The summed E-state index contributed by atoms with van der Waals surface area (Å²) >= 11 is 0. The molecule has 1 unspecified atom stereocenters. The van der Waals surface area contributed by atoms with Gasteiger partial charge in [-0.3, -0.25) is 4.79 Å². The van der Waals surface area contributed by atoms with Gasteiger partial charge in [-0.05, 0) is 26.2 Å². The third kappa shape index (κ3) is 1.43. The molecule has 78 valence electrons. The number of Topliss-reactive ketones (excluding diaryl/α,β-unsaturated/α-hetero) is 1. The van der Waals surface area contributed by atoms with Crippen LogP contribution >= 0.6 is 0 Å². The number of hydrogen-bond acceptors (Lipinski definition) is 4. The van der Waals surface area contributed by atoms with Gasteiger partial charge in [-0.1, -0.05) is 0 Å². The van der Waals surface area contributed by atoms with Gasteiger partial charge in [0.2, 0.25) is 6.10 Å². The Balaban J connectivity index is 2.00. The molecule has 1 heterocycles. The van der Waals surface area contributed by atoms with Crippen molar-refractivity contribution in [2.45, 2.75) is 44.3 Å². The molecule has 1 atom stereocenters. The van der Waals surface area contributed by atoms with Crippen molar-refractivity contribution in [1.82, 2.24) is 0 Å². The number of carbonyl (C=O) groups excluding carboxylic acids is 2. The molecule has 0 N–H and O–H groups in total. The van der Waals surface area contributed by atoms with Crippen molar-refractivity contribution in [2.24, 2.45) is 0 Å². The monoisotopic (exact) mass is 198 g/mol. The van der Waals surface area contributed by atoms with Gasteiger partial charge < -0.3 is 9.47 Å². The number of ether oxygens (including phenoxy) is 2. The van der Waals surface area contributed by atoms with Crippen LogP contribution in [0.4, 0.5) is 0 Å². The van der Waals surface area contributed by atoms with E-state index in [0.29, 0.717) is 13.0 Å². The number of carbonyl (C=O) groups is 2. The maximum absolute atomic E-state index is 11.5. The third-order valence-corrected chi connectivity index (χ3v) is 2.92. The minimum atomic E-state index is -0.949. The first kappa shape index (κ1) is 9.65. The Morgan fingerprint density at radius 3 is 2.79 bits per heavy atom. The van der Waals surface area contributed by atoms with Crippen LogP contribution in [0, 0.1) is 0 Å². The predicted molar refractivity (Wildman–Crippen MR) is 47.7 cm³/mol. The second-order valence-corrected chi connectivity index (χ2v) is 3.93. The molecule has 1 saturated heterocycles. The maximum Gasteiger partial charge on any atom is 0.343 e. The predicted octanol–water partition coefficient (Wildman–Crippen LogP) is 0.830. The van der Waals surface area contributed by atoms with Crippen molar-refractivity contribution in [3.63, 3.8) is 0 Å². The molecule has 0 aromatic rings. The van der Waals surface area contributed by atoms with E-state index >= 15 is 0 Å². The first-order valence-electron chi connectivity index (χ1n) is 5.04. The molecule has 2 aliphatic rings. The Bertz CT molecular complexity index is 259. The van der Waals surface area contributed by atoms with Crippen molar-refractivity contribution in [3.05, 3.63) is 0 Å². The lowest BCUT2D eigenvalue weighted by molar-refractivity contribution is -0.167. The zero-order valence-corrected chi connectivity index (χ0v) is 8.25. The Morgan fingerprint density at radius 2 is 2.36 bits per heavy atom. The molecule has 0 amide bonds. The highest BCUT2D eigenvalue weighted by Gasteiger charge is 2.52. The summed E-state index contributed by atoms with van der Waals surface area (Å²) in [6, 6.07) is 0. The average Bonchev–Trinajstić information content (AvgIpc) is 2.43. The lowest BCUT2D eigenvalue weighted by Crippen LogP contribution is -2.38. The summed E-state index contributed by atoms with van der Waals surface area (Å²) in [7, 11) is 0. The number of hydrogen-bond donors (Lipinski definition) is 0. The van der Waals surface area contributed by atoms with Gasteiger partial charge in [-0.2, -0.15) is 0 Å². The van der Waals surface area contributed by atoms with E-state index in [1.165, 1.54) is 0 Å². The highest BCUT2D eigenvalue weighted by Crippen LogP contribution is 2.44. The summed E-state index contributed by atoms with van der Waals surface area (Å²) in [5.41, 5.74) is -0.311. The van der Waals surface area contributed by atoms with Gasteiger partial charge >= 0.3 is 5.97 Å². The summed E-state index contributed by atoms with van der Waals surface area (Å²) in [6.45, 7) is 2.01. The van der Waals surface area contributed by atoms with Crippen molar-refractivity contribution < 1.29 is 19.1 Å². The maximum atomic E-state index is 11.5. The van der Waals surface area contributed by atoms with E-state index in [0.717, 1.165) is 19.3 Å². The van der Waals surface area contributed by atoms with E-state index in [1.54, 1.807) is 6.92 Å². The van der Waals surface area contributed by atoms with E-state index in [1.807, 2.05) is 0 Å². The molecule has 0 aromatic carbocycles. The molecule has 4 nitrogen and oxygen atoms in total. The van der Waals surface area contributed by atoms with Gasteiger partial charge in [0.25, 0.3) is 0 Å². The molecule has 4 heteroatoms. The van der Waals surface area contributed by atoms with Gasteiger partial charge in [0.1, 0.15) is 0 Å². The first-order chi connectivity index (χ1) is 6.67. The molecule has 1 aliphatic carbocycles. The summed E-state index contributed by atoms with van der Waals surface area (Å²) in [4.78, 5) is 22.8. The zero-order valence-electron chi connectivity index (χ0n) is 8.25. The van der Waals surface area contributed by atoms with E-state index in [9.17, 15) is 9.59 Å². The standard InChI is InChI=1S/C10H14O4/c1-2-13-9(12)8-7(11)6-10(14-8)4-3-5-10/h8H,2-6H2,1H3. The van der Waals surface area contributed by atoms with E-state index < -0.39 is 12.1 Å². The molecule has 0 aromatic heterocycles. The van der Waals surface area contributed by atoms with E-state index in [2.05, 4.69) is 0 Å². The fraction of sp³-hybridized carbons (Fsp3) is 0.800. The van der Waals surface area contributed by atoms with Crippen LogP contribution in [0.3, 0.4) is 0 Å². The van der Waals surface area contributed by atoms with Gasteiger partial charge in [0.15, 0.2) is 5.78 Å². The highest BCUT2D eigenvalue weighted by atomic mass is 16.6. The van der Waals surface area contributed by atoms with Crippen LogP contribution in [0.2, 0.25) is 0 Å². The van der Waals surface area contributed by atoms with Gasteiger partial charge in [-0.15, -0.1) is 0 Å². The number of ketones is 1. The lowest BCUT2D eigenvalue weighted by atomic mass is 9.78. The quantitative estimate of drug-likeness (QED) is 0.487. The van der Waals surface area contributed by atoms with Gasteiger partial charge in [-0.25, -0.2) is 4.79 Å². The van der Waals surface area contributed by atoms with E-state index in [-0.39, 0.29) is 11.4 Å². The fourth-order valence-corrected chi connectivity index (χ4v) is 2.03. The van der Waals surface area contributed by atoms with Gasteiger partial charge in [0.05, 0.1) is 12.2 Å². The van der Waals surface area contributed by atoms with Crippen molar-refractivity contribution >= 4 is 11.8 Å². The molecule has 1 aliphatic heterocycles. The molecule has 1 saturated carbocycles. The molecule has 0 radical (unpaired) electrons. The molecule has 1 spiro atoms. The Labute approximate surface area is 82.6 Å². The van der Waals surface area contributed by atoms with Crippen LogP contribution in [0.15, 0.2) is 0 Å². The Kier molecular flexibility index (Phi) is 2.31. The number of esters is 1. The number of rotatable bonds is 2. The summed E-state index contributed by atoms with van der Waals surface area (Å²) in [5, 5.41) is 0. The fourth-order valence-electron chi connectivity index (χ4n) is 2.03. The molecular weight excluding hydrogens is 184 g/mol. The molecular formula is C10H14O4. The average molecular weight is 198 g/mol. The van der Waals surface area contributed by atoms with E-state index in [4.69, 9.17) is 9.47 Å². The summed E-state index contributed by atoms with van der Waals surface area (Å²) < 4.78 is 10.3. The van der Waals surface area contributed by atoms with Crippen molar-refractivity contribution in [2.75, 3.05) is 6.61 Å². The van der Waals surface area contributed by atoms with Crippen LogP contribution in [0.5, 0.6) is 0 Å². The zero-order chi connectivity index (χ0) is 10.2. The van der Waals surface area contributed by atoms with Crippen LogP contribution in [0.1, 0.15) is 32.6 Å². The normalized spacial score (nSPS) is 28.9. The van der Waals surface area contributed by atoms with Crippen molar-refractivity contribution in [1.29, 1.82) is 0 Å². The Morgan fingerprint density at radius 1 is 1.64 bits per heavy atom. The topological polar surface area (TPSA) is 52.6 Å². The molecule has 2 rings (SSSR count). The van der Waals surface area contributed by atoms with Crippen molar-refractivity contribution in [3.8, 4) is 0 Å². The second kappa shape index (κ2) is 3.35. The van der Waals surface area contributed by atoms with Gasteiger partial charge in [0, 0.05) is 6.42 Å². The summed E-state index contributed by atoms with van der Waals surface area (Å²) in [5.74, 6) is -0.649. The second-order valence-electron chi connectivity index (χ2n) is 3.93. The molecule has 2 fully saturated rings. The van der Waals surface area contributed by atoms with Crippen LogP contribution in [-0.4, -0.2) is 30.1 Å². The molecule has 0 bridgehead atoms. The lowest BCUT2D eigenvalue weighted by Gasteiger charge is -2.36.